The first-order valence-electron chi connectivity index (χ1n) is 9.58. The summed E-state index contributed by atoms with van der Waals surface area (Å²) < 4.78 is 5.79. The van der Waals surface area contributed by atoms with Crippen molar-refractivity contribution in [2.75, 3.05) is 19.8 Å². The van der Waals surface area contributed by atoms with E-state index < -0.39 is 41.3 Å². The Balaban J connectivity index is 2.09. The summed E-state index contributed by atoms with van der Waals surface area (Å²) in [4.78, 5) is 14.9. The van der Waals surface area contributed by atoms with Gasteiger partial charge in [-0.15, -0.1) is 23.4 Å². The van der Waals surface area contributed by atoms with Crippen LogP contribution in [0, 0.1) is 5.92 Å². The van der Waals surface area contributed by atoms with Gasteiger partial charge in [-0.3, -0.25) is 9.69 Å². The molecule has 9 heteroatoms. The minimum atomic E-state index is -1.36. The molecule has 1 amide bonds. The second-order valence-electron chi connectivity index (χ2n) is 7.73. The highest BCUT2D eigenvalue weighted by molar-refractivity contribution is 7.99. The van der Waals surface area contributed by atoms with E-state index in [4.69, 9.17) is 16.3 Å². The van der Waals surface area contributed by atoms with Crippen LogP contribution in [0.4, 0.5) is 0 Å². The van der Waals surface area contributed by atoms with Crippen LogP contribution in [0.3, 0.4) is 0 Å². The van der Waals surface area contributed by atoms with Gasteiger partial charge in [-0.2, -0.15) is 0 Å². The van der Waals surface area contributed by atoms with Crippen LogP contribution in [-0.4, -0.2) is 93.3 Å². The average Bonchev–Trinajstić information content (AvgIpc) is 2.99. The number of halogens is 1. The number of aliphatic hydroxyl groups excluding tert-OH is 3. The summed E-state index contributed by atoms with van der Waals surface area (Å²) in [5.41, 5.74) is -0.702. The number of aliphatic hydroxyl groups is 3. The van der Waals surface area contributed by atoms with Gasteiger partial charge < -0.3 is 25.4 Å². The van der Waals surface area contributed by atoms with E-state index >= 15 is 0 Å². The maximum Gasteiger partial charge on any atom is 0.237 e. The quantitative estimate of drug-likeness (QED) is 0.438. The van der Waals surface area contributed by atoms with E-state index in [1.165, 1.54) is 11.8 Å². The smallest absolute Gasteiger partial charge is 0.237 e. The number of carbonyl (C=O) groups is 1. The van der Waals surface area contributed by atoms with Crippen LogP contribution in [0.2, 0.25) is 0 Å². The molecule has 27 heavy (non-hydrogen) atoms. The number of hydrogen-bond acceptors (Lipinski definition) is 7. The zero-order valence-electron chi connectivity index (χ0n) is 16.4. The molecule has 0 saturated carbocycles. The number of rotatable bonds is 7. The molecule has 2 rings (SSSR count). The summed E-state index contributed by atoms with van der Waals surface area (Å²) in [6.45, 7) is 4.74. The van der Waals surface area contributed by atoms with Crippen molar-refractivity contribution < 1.29 is 24.9 Å². The SMILES string of the molecule is CCC[C@@H]1C[C@@H](C(=O)N[C@H]([C@H]2O[C@H](SC)[C@H](O)[C@@H](O)[C@H]2O)[C@H](C)Cl)N(C)C1. The van der Waals surface area contributed by atoms with E-state index in [0.29, 0.717) is 5.92 Å². The average molecular weight is 425 g/mol. The molecule has 0 radical (unpaired) electrons. The lowest BCUT2D eigenvalue weighted by atomic mass is 9.92. The van der Waals surface area contributed by atoms with Crippen molar-refractivity contribution in [3.8, 4) is 0 Å². The first kappa shape index (κ1) is 23.2. The zero-order chi connectivity index (χ0) is 20.3. The third-order valence-corrected chi connectivity index (χ3v) is 6.76. The van der Waals surface area contributed by atoms with E-state index in [0.717, 1.165) is 25.8 Å². The fourth-order valence-corrected chi connectivity index (χ4v) is 5.00. The Morgan fingerprint density at radius 1 is 1.33 bits per heavy atom. The van der Waals surface area contributed by atoms with Gasteiger partial charge in [0.2, 0.25) is 5.91 Å². The summed E-state index contributed by atoms with van der Waals surface area (Å²) in [6.07, 6.45) is -0.0980. The molecule has 2 aliphatic rings. The minimum absolute atomic E-state index is 0.147. The summed E-state index contributed by atoms with van der Waals surface area (Å²) in [6, 6.07) is -0.934. The molecule has 7 nitrogen and oxygen atoms in total. The standard InChI is InChI=1S/C18H33ClN2O5S/c1-5-6-10-7-11(21(3)8-10)17(25)20-12(9(2)19)16-14(23)13(22)15(24)18(26-16)27-4/h9-16,18,22-24H,5-8H2,1-4H3,(H,20,25)/t9-,10+,11-,12-,13-,14+,15+,16+,18+/m0/s1. The Morgan fingerprint density at radius 3 is 2.56 bits per heavy atom. The molecule has 2 fully saturated rings. The van der Waals surface area contributed by atoms with E-state index in [9.17, 15) is 20.1 Å². The fraction of sp³-hybridized carbons (Fsp3) is 0.944. The van der Waals surface area contributed by atoms with Crippen LogP contribution in [0.25, 0.3) is 0 Å². The molecule has 9 atom stereocenters. The van der Waals surface area contributed by atoms with E-state index in [1.54, 1.807) is 13.2 Å². The number of ether oxygens (including phenoxy) is 1. The Bertz CT molecular complexity index is 498. The molecule has 2 saturated heterocycles. The number of likely N-dealkylation sites (tertiary alicyclic amines) is 1. The monoisotopic (exact) mass is 424 g/mol. The largest absolute Gasteiger partial charge is 0.388 e. The van der Waals surface area contributed by atoms with Crippen molar-refractivity contribution in [3.05, 3.63) is 0 Å². The van der Waals surface area contributed by atoms with Crippen LogP contribution < -0.4 is 5.32 Å². The van der Waals surface area contributed by atoms with Gasteiger partial charge in [-0.05, 0) is 39.0 Å². The highest BCUT2D eigenvalue weighted by atomic mass is 35.5. The van der Waals surface area contributed by atoms with Crippen molar-refractivity contribution in [2.24, 2.45) is 5.92 Å². The molecule has 0 unspecified atom stereocenters. The molecule has 0 spiro atoms. The van der Waals surface area contributed by atoms with Gasteiger partial charge in [-0.1, -0.05) is 13.3 Å². The highest BCUT2D eigenvalue weighted by Crippen LogP contribution is 2.31. The molecule has 0 aromatic heterocycles. The topological polar surface area (TPSA) is 102 Å². The first-order chi connectivity index (χ1) is 12.7. The number of thioether (sulfide) groups is 1. The van der Waals surface area contributed by atoms with Crippen molar-refractivity contribution in [1.29, 1.82) is 0 Å². The van der Waals surface area contributed by atoms with Gasteiger partial charge in [0.15, 0.2) is 0 Å². The predicted octanol–water partition coefficient (Wildman–Crippen LogP) is 0.390. The Labute approximate surface area is 170 Å². The molecule has 2 heterocycles. The summed E-state index contributed by atoms with van der Waals surface area (Å²) >= 11 is 7.55. The predicted molar refractivity (Wildman–Crippen MR) is 107 cm³/mol. The Hall–Kier alpha value is -0.0900. The second kappa shape index (κ2) is 10.1. The first-order valence-corrected chi connectivity index (χ1v) is 11.3. The summed E-state index contributed by atoms with van der Waals surface area (Å²) in [7, 11) is 1.94. The van der Waals surface area contributed by atoms with E-state index in [-0.39, 0.29) is 11.9 Å². The van der Waals surface area contributed by atoms with Gasteiger partial charge >= 0.3 is 0 Å². The van der Waals surface area contributed by atoms with Crippen molar-refractivity contribution in [1.82, 2.24) is 10.2 Å². The van der Waals surface area contributed by atoms with E-state index in [2.05, 4.69) is 12.2 Å². The number of nitrogens with one attached hydrogen (secondary N) is 1. The molecular weight excluding hydrogens is 392 g/mol. The number of hydrogen-bond donors (Lipinski definition) is 4. The van der Waals surface area contributed by atoms with Gasteiger partial charge in [-0.25, -0.2) is 0 Å². The lowest BCUT2D eigenvalue weighted by Crippen LogP contribution is -2.65. The summed E-state index contributed by atoms with van der Waals surface area (Å²) in [5, 5.41) is 33.0. The molecule has 0 aromatic rings. The van der Waals surface area contributed by atoms with Crippen LogP contribution in [0.15, 0.2) is 0 Å². The van der Waals surface area contributed by atoms with Crippen molar-refractivity contribution >= 4 is 29.3 Å². The molecule has 0 bridgehead atoms. The molecule has 158 valence electrons. The normalized spacial score (nSPS) is 39.9. The number of carbonyl (C=O) groups excluding carboxylic acids is 1. The zero-order valence-corrected chi connectivity index (χ0v) is 18.0. The van der Waals surface area contributed by atoms with Crippen LogP contribution in [0.1, 0.15) is 33.1 Å². The highest BCUT2D eigenvalue weighted by Gasteiger charge is 2.48. The Kier molecular flexibility index (Phi) is 8.67. The lowest BCUT2D eigenvalue weighted by molar-refractivity contribution is -0.205. The molecule has 0 aromatic carbocycles. The summed E-state index contributed by atoms with van der Waals surface area (Å²) in [5.74, 6) is 0.350. The van der Waals surface area contributed by atoms with Gasteiger partial charge in [0.05, 0.1) is 17.5 Å². The number of nitrogens with zero attached hydrogens (tertiary/aromatic N) is 1. The number of amides is 1. The van der Waals surface area contributed by atoms with Crippen molar-refractivity contribution in [2.45, 2.75) is 80.4 Å². The van der Waals surface area contributed by atoms with Gasteiger partial charge in [0, 0.05) is 6.54 Å². The van der Waals surface area contributed by atoms with Gasteiger partial charge in [0.25, 0.3) is 0 Å². The van der Waals surface area contributed by atoms with Crippen LogP contribution in [0.5, 0.6) is 0 Å². The number of alkyl halides is 1. The van der Waals surface area contributed by atoms with Crippen LogP contribution >= 0.6 is 23.4 Å². The van der Waals surface area contributed by atoms with E-state index in [1.807, 2.05) is 11.9 Å². The fourth-order valence-electron chi connectivity index (χ4n) is 4.11. The lowest BCUT2D eigenvalue weighted by Gasteiger charge is -2.44. The van der Waals surface area contributed by atoms with Crippen LogP contribution in [-0.2, 0) is 9.53 Å². The second-order valence-corrected chi connectivity index (χ2v) is 9.36. The number of likely N-dealkylation sites (N-methyl/N-ethyl adjacent to an activating group) is 1. The molecule has 2 aliphatic heterocycles. The third kappa shape index (κ3) is 5.29. The third-order valence-electron chi connectivity index (χ3n) is 5.63. The minimum Gasteiger partial charge on any atom is -0.388 e. The van der Waals surface area contributed by atoms with Gasteiger partial charge in [0.1, 0.15) is 29.9 Å². The molecule has 0 aliphatic carbocycles. The molecular formula is C18H33ClN2O5S. The maximum atomic E-state index is 12.9. The molecule has 4 N–H and O–H groups in total. The Morgan fingerprint density at radius 2 is 2.00 bits per heavy atom. The van der Waals surface area contributed by atoms with Crippen molar-refractivity contribution in [3.63, 3.8) is 0 Å². The maximum absolute atomic E-state index is 12.9.